The first-order valence-corrected chi connectivity index (χ1v) is 8.99. The van der Waals surface area contributed by atoms with Crippen molar-refractivity contribution in [3.8, 4) is 11.5 Å². The van der Waals surface area contributed by atoms with Crippen LogP contribution in [0.1, 0.15) is 24.5 Å². The molecule has 2 aromatic carbocycles. The molecule has 1 unspecified atom stereocenters. The Kier molecular flexibility index (Phi) is 8.09. The molecule has 0 aromatic heterocycles. The lowest BCUT2D eigenvalue weighted by Crippen LogP contribution is -2.27. The Morgan fingerprint density at radius 1 is 1.11 bits per heavy atom. The molecule has 0 spiro atoms. The second-order valence-electron chi connectivity index (χ2n) is 5.96. The Bertz CT molecular complexity index is 813. The summed E-state index contributed by atoms with van der Waals surface area (Å²) < 4.78 is 15.9. The summed E-state index contributed by atoms with van der Waals surface area (Å²) in [5, 5.41) is 9.50. The van der Waals surface area contributed by atoms with E-state index in [4.69, 9.17) is 14.2 Å². The third-order valence-corrected chi connectivity index (χ3v) is 3.97. The van der Waals surface area contributed by atoms with Crippen LogP contribution in [0.5, 0.6) is 11.5 Å². The van der Waals surface area contributed by atoms with Crippen LogP contribution in [0.15, 0.2) is 54.6 Å². The van der Waals surface area contributed by atoms with Gasteiger partial charge in [0, 0.05) is 6.08 Å². The molecule has 0 amide bonds. The zero-order valence-electron chi connectivity index (χ0n) is 16.0. The van der Waals surface area contributed by atoms with Gasteiger partial charge in [-0.25, -0.2) is 9.59 Å². The molecule has 0 radical (unpaired) electrons. The number of carbonyl (C=O) groups excluding carboxylic acids is 1. The minimum Gasteiger partial charge on any atom is -0.493 e. The highest BCUT2D eigenvalue weighted by molar-refractivity contribution is 5.87. The molecule has 0 heterocycles. The van der Waals surface area contributed by atoms with E-state index in [2.05, 4.69) is 0 Å². The summed E-state index contributed by atoms with van der Waals surface area (Å²) in [5.74, 6) is -0.758. The highest BCUT2D eigenvalue weighted by atomic mass is 16.5. The lowest BCUT2D eigenvalue weighted by molar-refractivity contribution is -0.145. The third-order valence-electron chi connectivity index (χ3n) is 3.97. The number of carbonyl (C=O) groups is 2. The van der Waals surface area contributed by atoms with E-state index in [1.807, 2.05) is 30.3 Å². The molecule has 148 valence electrons. The van der Waals surface area contributed by atoms with E-state index < -0.39 is 18.0 Å². The number of methoxy groups -OCH3 is 1. The van der Waals surface area contributed by atoms with Crippen molar-refractivity contribution >= 4 is 18.0 Å². The Morgan fingerprint density at radius 3 is 2.50 bits per heavy atom. The van der Waals surface area contributed by atoms with Gasteiger partial charge in [0.15, 0.2) is 17.6 Å². The predicted molar refractivity (Wildman–Crippen MR) is 105 cm³/mol. The van der Waals surface area contributed by atoms with E-state index in [1.165, 1.54) is 13.2 Å². The second kappa shape index (κ2) is 10.8. The monoisotopic (exact) mass is 384 g/mol. The molecule has 2 rings (SSSR count). The maximum Gasteiger partial charge on any atom is 0.344 e. The lowest BCUT2D eigenvalue weighted by Gasteiger charge is -2.17. The molecule has 0 saturated heterocycles. The number of aliphatic carboxylic acids is 1. The van der Waals surface area contributed by atoms with Crippen molar-refractivity contribution in [1.82, 2.24) is 0 Å². The van der Waals surface area contributed by atoms with Gasteiger partial charge in [-0.05, 0) is 49.1 Å². The van der Waals surface area contributed by atoms with Gasteiger partial charge in [-0.3, -0.25) is 0 Å². The molecule has 2 aromatic rings. The van der Waals surface area contributed by atoms with Crippen molar-refractivity contribution in [2.45, 2.75) is 25.9 Å². The van der Waals surface area contributed by atoms with Crippen LogP contribution in [0.3, 0.4) is 0 Å². The quantitative estimate of drug-likeness (QED) is 0.496. The third kappa shape index (κ3) is 6.46. The van der Waals surface area contributed by atoms with Gasteiger partial charge >= 0.3 is 11.9 Å². The van der Waals surface area contributed by atoms with Crippen LogP contribution >= 0.6 is 0 Å². The molecule has 1 atom stereocenters. The van der Waals surface area contributed by atoms with E-state index in [0.717, 1.165) is 5.56 Å². The number of benzene rings is 2. The van der Waals surface area contributed by atoms with E-state index >= 15 is 0 Å². The first-order valence-electron chi connectivity index (χ1n) is 8.99. The molecular formula is C22H24O6. The number of carboxylic acid groups (broad SMARTS) is 1. The molecule has 0 saturated carbocycles. The van der Waals surface area contributed by atoms with Crippen LogP contribution in [0.2, 0.25) is 0 Å². The number of esters is 1. The van der Waals surface area contributed by atoms with Crippen LogP contribution < -0.4 is 9.47 Å². The van der Waals surface area contributed by atoms with Gasteiger partial charge in [0.05, 0.1) is 13.7 Å². The number of hydrogen-bond acceptors (Lipinski definition) is 5. The molecule has 1 N–H and O–H groups in total. The summed E-state index contributed by atoms with van der Waals surface area (Å²) in [4.78, 5) is 23.0. The molecule has 0 bridgehead atoms. The van der Waals surface area contributed by atoms with Gasteiger partial charge in [0.25, 0.3) is 0 Å². The first-order chi connectivity index (χ1) is 13.5. The summed E-state index contributed by atoms with van der Waals surface area (Å²) in [6.07, 6.45) is 2.82. The van der Waals surface area contributed by atoms with Crippen molar-refractivity contribution in [2.24, 2.45) is 0 Å². The SMILES string of the molecule is CCOC(=O)C=Cc1ccc(OC(CCc2ccccc2)C(=O)O)c(OC)c1. The van der Waals surface area contributed by atoms with Gasteiger partial charge < -0.3 is 19.3 Å². The maximum absolute atomic E-state index is 11.6. The fraction of sp³-hybridized carbons (Fsp3) is 0.273. The van der Waals surface area contributed by atoms with Crippen molar-refractivity contribution < 1.29 is 28.9 Å². The van der Waals surface area contributed by atoms with E-state index in [0.29, 0.717) is 36.5 Å². The summed E-state index contributed by atoms with van der Waals surface area (Å²) in [6.45, 7) is 2.04. The van der Waals surface area contributed by atoms with E-state index in [1.54, 1.807) is 31.2 Å². The predicted octanol–water partition coefficient (Wildman–Crippen LogP) is 3.74. The smallest absolute Gasteiger partial charge is 0.344 e. The van der Waals surface area contributed by atoms with Crippen molar-refractivity contribution in [2.75, 3.05) is 13.7 Å². The Labute approximate surface area is 164 Å². The lowest BCUT2D eigenvalue weighted by atomic mass is 10.1. The van der Waals surface area contributed by atoms with Gasteiger partial charge in [-0.2, -0.15) is 0 Å². The minimum absolute atomic E-state index is 0.304. The summed E-state index contributed by atoms with van der Waals surface area (Å²) in [5.41, 5.74) is 1.75. The number of ether oxygens (including phenoxy) is 3. The van der Waals surface area contributed by atoms with Crippen LogP contribution in [0.4, 0.5) is 0 Å². The minimum atomic E-state index is -1.04. The van der Waals surface area contributed by atoms with Crippen LogP contribution in [-0.2, 0) is 20.7 Å². The second-order valence-corrected chi connectivity index (χ2v) is 5.96. The molecule has 28 heavy (non-hydrogen) atoms. The maximum atomic E-state index is 11.6. The van der Waals surface area contributed by atoms with Crippen LogP contribution in [0, 0.1) is 0 Å². The summed E-state index contributed by atoms with van der Waals surface area (Å²) in [7, 11) is 1.47. The Morgan fingerprint density at radius 2 is 1.86 bits per heavy atom. The molecule has 6 nitrogen and oxygen atoms in total. The van der Waals surface area contributed by atoms with Gasteiger partial charge in [0.1, 0.15) is 0 Å². The molecule has 0 aliphatic heterocycles. The number of aryl methyl sites for hydroxylation is 1. The van der Waals surface area contributed by atoms with Gasteiger partial charge in [-0.1, -0.05) is 36.4 Å². The van der Waals surface area contributed by atoms with Crippen LogP contribution in [0.25, 0.3) is 6.08 Å². The Balaban J connectivity index is 2.09. The molecule has 6 heteroatoms. The van der Waals surface area contributed by atoms with E-state index in [9.17, 15) is 14.7 Å². The normalized spacial score (nSPS) is 11.8. The average Bonchev–Trinajstić information content (AvgIpc) is 2.70. The largest absolute Gasteiger partial charge is 0.493 e. The number of carboxylic acids is 1. The fourth-order valence-electron chi connectivity index (χ4n) is 2.57. The van der Waals surface area contributed by atoms with Gasteiger partial charge in [-0.15, -0.1) is 0 Å². The van der Waals surface area contributed by atoms with Crippen molar-refractivity contribution in [1.29, 1.82) is 0 Å². The molecule has 0 aliphatic rings. The zero-order chi connectivity index (χ0) is 20.4. The molecule has 0 aliphatic carbocycles. The van der Waals surface area contributed by atoms with Crippen LogP contribution in [-0.4, -0.2) is 36.9 Å². The zero-order valence-corrected chi connectivity index (χ0v) is 16.0. The molecule has 0 fully saturated rings. The summed E-state index contributed by atoms with van der Waals surface area (Å²) >= 11 is 0. The fourth-order valence-corrected chi connectivity index (χ4v) is 2.57. The average molecular weight is 384 g/mol. The van der Waals surface area contributed by atoms with E-state index in [-0.39, 0.29) is 0 Å². The highest BCUT2D eigenvalue weighted by Gasteiger charge is 2.21. The number of hydrogen-bond donors (Lipinski definition) is 1. The standard InChI is InChI=1S/C22H24O6/c1-3-27-21(23)14-11-17-10-12-18(20(15-17)26-2)28-19(22(24)25)13-9-16-7-5-4-6-8-16/h4-8,10-12,14-15,19H,3,9,13H2,1-2H3,(H,24,25). The van der Waals surface area contributed by atoms with Crippen molar-refractivity contribution in [3.63, 3.8) is 0 Å². The Hall–Kier alpha value is -3.28. The highest BCUT2D eigenvalue weighted by Crippen LogP contribution is 2.30. The van der Waals surface area contributed by atoms with Crippen molar-refractivity contribution in [3.05, 3.63) is 65.7 Å². The number of rotatable bonds is 10. The topological polar surface area (TPSA) is 82.1 Å². The first kappa shape index (κ1) is 21.0. The molecular weight excluding hydrogens is 360 g/mol. The summed E-state index contributed by atoms with van der Waals surface area (Å²) in [6, 6.07) is 14.6. The van der Waals surface area contributed by atoms with Gasteiger partial charge in [0.2, 0.25) is 0 Å².